The maximum Gasteiger partial charge on any atom is 0.305 e. The Balaban J connectivity index is 1.40. The molecule has 0 saturated carbocycles. The van der Waals surface area contributed by atoms with E-state index >= 15 is 0 Å². The molecule has 0 aliphatic carbocycles. The van der Waals surface area contributed by atoms with E-state index in [1.54, 1.807) is 23.5 Å². The minimum absolute atomic E-state index is 0.207. The van der Waals surface area contributed by atoms with E-state index in [1.165, 1.54) is 11.1 Å². The second-order valence-electron chi connectivity index (χ2n) is 7.64. The monoisotopic (exact) mass is 498 g/mol. The molecule has 182 valence electrons. The van der Waals surface area contributed by atoms with Crippen LogP contribution in [-0.4, -0.2) is 36.7 Å². The SMILES string of the molecule is C=Cc1ccc(CSCCOC(=O)CCCCC(=O)OCCSCc2ccc(C=C)cc2)cc1. The fraction of sp³-hybridized carbons (Fsp3) is 0.357. The molecule has 0 radical (unpaired) electrons. The highest BCUT2D eigenvalue weighted by Gasteiger charge is 2.06. The Morgan fingerprint density at radius 3 is 1.41 bits per heavy atom. The molecule has 0 aliphatic rings. The number of thioether (sulfide) groups is 2. The third kappa shape index (κ3) is 12.1. The van der Waals surface area contributed by atoms with Crippen LogP contribution in [0.3, 0.4) is 0 Å². The van der Waals surface area contributed by atoms with Crippen LogP contribution in [-0.2, 0) is 30.6 Å². The summed E-state index contributed by atoms with van der Waals surface area (Å²) in [7, 11) is 0. The molecule has 34 heavy (non-hydrogen) atoms. The molecule has 0 saturated heterocycles. The molecule has 0 unspecified atom stereocenters. The summed E-state index contributed by atoms with van der Waals surface area (Å²) in [6, 6.07) is 16.5. The maximum absolute atomic E-state index is 11.8. The van der Waals surface area contributed by atoms with E-state index in [0.717, 1.165) is 34.1 Å². The molecule has 0 atom stereocenters. The summed E-state index contributed by atoms with van der Waals surface area (Å²) >= 11 is 3.47. The van der Waals surface area contributed by atoms with E-state index in [9.17, 15) is 9.59 Å². The van der Waals surface area contributed by atoms with E-state index in [-0.39, 0.29) is 11.9 Å². The summed E-state index contributed by atoms with van der Waals surface area (Å²) in [5.74, 6) is 2.89. The minimum atomic E-state index is -0.207. The van der Waals surface area contributed by atoms with Crippen LogP contribution in [0.2, 0.25) is 0 Å². The van der Waals surface area contributed by atoms with Gasteiger partial charge in [-0.3, -0.25) is 9.59 Å². The highest BCUT2D eigenvalue weighted by atomic mass is 32.2. The van der Waals surface area contributed by atoms with Gasteiger partial charge >= 0.3 is 11.9 Å². The van der Waals surface area contributed by atoms with Crippen molar-refractivity contribution in [3.8, 4) is 0 Å². The van der Waals surface area contributed by atoms with Gasteiger partial charge < -0.3 is 9.47 Å². The molecule has 0 heterocycles. The zero-order chi connectivity index (χ0) is 24.4. The van der Waals surface area contributed by atoms with E-state index in [2.05, 4.69) is 37.4 Å². The molecule has 0 aromatic heterocycles. The molecule has 6 heteroatoms. The van der Waals surface area contributed by atoms with Crippen LogP contribution in [0.25, 0.3) is 12.2 Å². The lowest BCUT2D eigenvalue weighted by molar-refractivity contribution is -0.145. The van der Waals surface area contributed by atoms with Gasteiger partial charge in [-0.1, -0.05) is 73.8 Å². The fourth-order valence-corrected chi connectivity index (χ4v) is 4.54. The van der Waals surface area contributed by atoms with Crippen LogP contribution in [0.5, 0.6) is 0 Å². The largest absolute Gasteiger partial charge is 0.465 e. The number of hydrogen-bond donors (Lipinski definition) is 0. The van der Waals surface area contributed by atoms with Crippen molar-refractivity contribution in [2.45, 2.75) is 37.2 Å². The number of unbranched alkanes of at least 4 members (excludes halogenated alkanes) is 1. The van der Waals surface area contributed by atoms with Crippen molar-refractivity contribution in [1.82, 2.24) is 0 Å². The van der Waals surface area contributed by atoms with Gasteiger partial charge in [-0.05, 0) is 35.1 Å². The Morgan fingerprint density at radius 1 is 0.676 bits per heavy atom. The first-order chi connectivity index (χ1) is 16.6. The Kier molecular flexibility index (Phi) is 14.0. The quantitative estimate of drug-likeness (QED) is 0.177. The summed E-state index contributed by atoms with van der Waals surface area (Å²) in [5.41, 5.74) is 4.70. The summed E-state index contributed by atoms with van der Waals surface area (Å²) in [4.78, 5) is 23.6. The standard InChI is InChI=1S/C28H34O4S2/c1-3-23-9-13-25(14-10-23)21-33-19-17-31-27(29)7-5-6-8-28(30)32-18-20-34-22-26-15-11-24(4-2)12-16-26/h3-4,9-16H,1-2,5-8,17-22H2. The predicted octanol–water partition coefficient (Wildman–Crippen LogP) is 6.79. The van der Waals surface area contributed by atoms with Gasteiger partial charge in [0.15, 0.2) is 0 Å². The van der Waals surface area contributed by atoms with Gasteiger partial charge in [-0.25, -0.2) is 0 Å². The first-order valence-corrected chi connectivity index (χ1v) is 13.8. The van der Waals surface area contributed by atoms with E-state index < -0.39 is 0 Å². The molecule has 2 aromatic carbocycles. The predicted molar refractivity (Wildman–Crippen MR) is 146 cm³/mol. The molecule has 0 N–H and O–H groups in total. The molecule has 2 rings (SSSR count). The van der Waals surface area contributed by atoms with Crippen LogP contribution in [0, 0.1) is 0 Å². The number of esters is 2. The zero-order valence-electron chi connectivity index (χ0n) is 19.7. The number of rotatable bonds is 17. The summed E-state index contributed by atoms with van der Waals surface area (Å²) in [5, 5.41) is 0. The first kappa shape index (κ1) is 27.8. The summed E-state index contributed by atoms with van der Waals surface area (Å²) in [6.45, 7) is 8.32. The van der Waals surface area contributed by atoms with Crippen molar-refractivity contribution < 1.29 is 19.1 Å². The molecule has 0 bridgehead atoms. The number of hydrogen-bond acceptors (Lipinski definition) is 6. The van der Waals surface area contributed by atoms with Crippen molar-refractivity contribution in [1.29, 1.82) is 0 Å². The van der Waals surface area contributed by atoms with Crippen LogP contribution in [0.15, 0.2) is 61.7 Å². The highest BCUT2D eigenvalue weighted by Crippen LogP contribution is 2.15. The second kappa shape index (κ2) is 17.1. The second-order valence-corrected chi connectivity index (χ2v) is 9.85. The van der Waals surface area contributed by atoms with Gasteiger partial charge in [0.05, 0.1) is 0 Å². The van der Waals surface area contributed by atoms with Gasteiger partial charge in [0, 0.05) is 35.9 Å². The van der Waals surface area contributed by atoms with Gasteiger partial charge in [-0.15, -0.1) is 0 Å². The number of carbonyl (C=O) groups is 2. The molecular weight excluding hydrogens is 464 g/mol. The van der Waals surface area contributed by atoms with Crippen molar-refractivity contribution in [2.75, 3.05) is 24.7 Å². The van der Waals surface area contributed by atoms with Crippen LogP contribution in [0.4, 0.5) is 0 Å². The van der Waals surface area contributed by atoms with Gasteiger partial charge in [0.2, 0.25) is 0 Å². The molecular formula is C28H34O4S2. The van der Waals surface area contributed by atoms with E-state index in [0.29, 0.717) is 38.9 Å². The average molecular weight is 499 g/mol. The molecule has 0 aliphatic heterocycles. The molecule has 0 amide bonds. The van der Waals surface area contributed by atoms with Gasteiger partial charge in [0.25, 0.3) is 0 Å². The molecule has 0 fully saturated rings. The smallest absolute Gasteiger partial charge is 0.305 e. The van der Waals surface area contributed by atoms with E-state index in [4.69, 9.17) is 9.47 Å². The van der Waals surface area contributed by atoms with Crippen LogP contribution >= 0.6 is 23.5 Å². The first-order valence-electron chi connectivity index (χ1n) is 11.5. The Labute approximate surface area is 212 Å². The van der Waals surface area contributed by atoms with Crippen molar-refractivity contribution in [2.24, 2.45) is 0 Å². The van der Waals surface area contributed by atoms with Crippen molar-refractivity contribution in [3.63, 3.8) is 0 Å². The number of benzene rings is 2. The highest BCUT2D eigenvalue weighted by molar-refractivity contribution is 7.98. The lowest BCUT2D eigenvalue weighted by Crippen LogP contribution is -2.09. The zero-order valence-corrected chi connectivity index (χ0v) is 21.3. The summed E-state index contributed by atoms with van der Waals surface area (Å²) < 4.78 is 10.5. The van der Waals surface area contributed by atoms with Gasteiger partial charge in [-0.2, -0.15) is 23.5 Å². The third-order valence-corrected chi connectivity index (χ3v) is 6.95. The topological polar surface area (TPSA) is 52.6 Å². The normalized spacial score (nSPS) is 10.5. The Bertz CT molecular complexity index is 816. The third-order valence-electron chi connectivity index (χ3n) is 4.96. The van der Waals surface area contributed by atoms with Crippen molar-refractivity contribution in [3.05, 3.63) is 83.9 Å². The fourth-order valence-electron chi connectivity index (χ4n) is 2.99. The van der Waals surface area contributed by atoms with Gasteiger partial charge in [0.1, 0.15) is 13.2 Å². The lowest BCUT2D eigenvalue weighted by Gasteiger charge is -2.06. The van der Waals surface area contributed by atoms with Crippen molar-refractivity contribution >= 4 is 47.6 Å². The number of ether oxygens (including phenoxy) is 2. The Hall–Kier alpha value is -2.44. The lowest BCUT2D eigenvalue weighted by atomic mass is 10.1. The average Bonchev–Trinajstić information content (AvgIpc) is 2.87. The van der Waals surface area contributed by atoms with E-state index in [1.807, 2.05) is 36.4 Å². The maximum atomic E-state index is 11.8. The number of carbonyl (C=O) groups excluding carboxylic acids is 2. The Morgan fingerprint density at radius 2 is 1.06 bits per heavy atom. The molecule has 0 spiro atoms. The molecule has 4 nitrogen and oxygen atoms in total. The molecule has 2 aromatic rings. The van der Waals surface area contributed by atoms with Crippen LogP contribution in [0.1, 0.15) is 47.9 Å². The summed E-state index contributed by atoms with van der Waals surface area (Å²) in [6.07, 6.45) is 5.58. The minimum Gasteiger partial charge on any atom is -0.465 e. The van der Waals surface area contributed by atoms with Crippen LogP contribution < -0.4 is 0 Å².